The van der Waals surface area contributed by atoms with E-state index in [0.717, 1.165) is 23.7 Å². The van der Waals surface area contributed by atoms with Crippen LogP contribution in [0.25, 0.3) is 0 Å². The van der Waals surface area contributed by atoms with Gasteiger partial charge in [-0.1, -0.05) is 0 Å². The Bertz CT molecular complexity index is 1100. The molecule has 4 saturated carbocycles. The fraction of sp³-hybridized carbons (Fsp3) is 0.367. The minimum absolute atomic E-state index is 0.278. The number of benzene rings is 3. The molecule has 0 spiro atoms. The molecule has 4 bridgehead atoms. The predicted molar refractivity (Wildman–Crippen MR) is 132 cm³/mol. The van der Waals surface area contributed by atoms with Crippen LogP contribution in [0.2, 0.25) is 0 Å². The van der Waals surface area contributed by atoms with Crippen molar-refractivity contribution < 1.29 is 0 Å². The van der Waals surface area contributed by atoms with Gasteiger partial charge in [0.15, 0.2) is 0 Å². The van der Waals surface area contributed by atoms with E-state index in [-0.39, 0.29) is 5.54 Å². The molecule has 0 amide bonds. The summed E-state index contributed by atoms with van der Waals surface area (Å²) in [6.45, 7) is 0. The van der Waals surface area contributed by atoms with Crippen molar-refractivity contribution in [3.63, 3.8) is 0 Å². The number of nitrogens with zero attached hydrogens (tertiary/aromatic N) is 1. The van der Waals surface area contributed by atoms with Crippen molar-refractivity contribution in [3.05, 3.63) is 107 Å². The Labute approximate surface area is 199 Å². The van der Waals surface area contributed by atoms with Gasteiger partial charge in [0.2, 0.25) is 0 Å². The molecule has 0 radical (unpaired) electrons. The van der Waals surface area contributed by atoms with Gasteiger partial charge in [0, 0.05) is 0 Å². The molecular formula is C30H29NSe. The Balaban J connectivity index is 1.52. The maximum atomic E-state index is 3.59. The average molecular weight is 483 g/mol. The molecule has 0 aromatic heterocycles. The topological polar surface area (TPSA) is 3.24 Å². The molecule has 0 unspecified atom stereocenters. The van der Waals surface area contributed by atoms with Gasteiger partial charge in [-0.05, 0) is 0 Å². The van der Waals surface area contributed by atoms with Gasteiger partial charge in [-0.2, -0.15) is 0 Å². The number of rotatable bonds is 3. The molecule has 0 N–H and O–H groups in total. The van der Waals surface area contributed by atoms with Gasteiger partial charge >= 0.3 is 200 Å². The van der Waals surface area contributed by atoms with Crippen LogP contribution in [0.3, 0.4) is 0 Å². The van der Waals surface area contributed by atoms with Gasteiger partial charge in [0.1, 0.15) is 0 Å². The molecular weight excluding hydrogens is 453 g/mol. The third-order valence-electron chi connectivity index (χ3n) is 8.99. The molecule has 4 fully saturated rings. The molecule has 0 saturated heterocycles. The van der Waals surface area contributed by atoms with E-state index in [1.807, 2.05) is 0 Å². The molecule has 8 rings (SSSR count). The van der Waals surface area contributed by atoms with Crippen molar-refractivity contribution >= 4 is 20.1 Å². The molecule has 2 heteroatoms. The summed E-state index contributed by atoms with van der Waals surface area (Å²) in [4.78, 5) is 2.87. The molecule has 0 atom stereocenters. The van der Waals surface area contributed by atoms with Crippen LogP contribution in [0.4, 0.5) is 0 Å². The van der Waals surface area contributed by atoms with Crippen LogP contribution in [0.5, 0.6) is 0 Å². The summed E-state index contributed by atoms with van der Waals surface area (Å²) in [6, 6.07) is 32.3. The Morgan fingerprint density at radius 1 is 0.625 bits per heavy atom. The Morgan fingerprint density at radius 3 is 1.69 bits per heavy atom. The van der Waals surface area contributed by atoms with E-state index < -0.39 is 0 Å². The van der Waals surface area contributed by atoms with E-state index in [1.54, 1.807) is 0 Å². The first-order chi connectivity index (χ1) is 15.8. The van der Waals surface area contributed by atoms with Crippen molar-refractivity contribution in [2.24, 2.45) is 23.7 Å². The van der Waals surface area contributed by atoms with Crippen molar-refractivity contribution in [2.45, 2.75) is 43.7 Å². The van der Waals surface area contributed by atoms with Crippen molar-refractivity contribution in [1.29, 1.82) is 0 Å². The molecule has 3 aromatic carbocycles. The summed E-state index contributed by atoms with van der Waals surface area (Å²) in [7, 11) is 0. The van der Waals surface area contributed by atoms with Crippen LogP contribution in [-0.2, 0) is 5.54 Å². The summed E-state index contributed by atoms with van der Waals surface area (Å²) >= 11 is 3.59. The van der Waals surface area contributed by atoms with Crippen LogP contribution < -0.4 is 0 Å². The quantitative estimate of drug-likeness (QED) is 0.429. The fourth-order valence-electron chi connectivity index (χ4n) is 8.19. The van der Waals surface area contributed by atoms with E-state index in [0.29, 0.717) is 6.04 Å². The van der Waals surface area contributed by atoms with Gasteiger partial charge in [0.05, 0.1) is 0 Å². The van der Waals surface area contributed by atoms with Crippen molar-refractivity contribution in [3.8, 4) is 0 Å². The summed E-state index contributed by atoms with van der Waals surface area (Å²) in [6.07, 6.45) is 7.21. The molecule has 4 aliphatic carbocycles. The van der Waals surface area contributed by atoms with E-state index >= 15 is 0 Å². The van der Waals surface area contributed by atoms with Crippen LogP contribution in [0.15, 0.2) is 84.9 Å². The van der Waals surface area contributed by atoms with Gasteiger partial charge in [0.25, 0.3) is 0 Å². The van der Waals surface area contributed by atoms with Gasteiger partial charge < -0.3 is 0 Å². The first kappa shape index (κ1) is 19.3. The van der Waals surface area contributed by atoms with E-state index in [2.05, 4.69) is 105 Å². The molecule has 5 aliphatic rings. The zero-order chi connectivity index (χ0) is 21.3. The Hall–Kier alpha value is -2.15. The van der Waals surface area contributed by atoms with Crippen LogP contribution in [-0.4, -0.2) is 31.1 Å². The van der Waals surface area contributed by atoms with Crippen LogP contribution >= 0.6 is 0 Å². The van der Waals surface area contributed by atoms with Gasteiger partial charge in [-0.3, -0.25) is 0 Å². The van der Waals surface area contributed by atoms with E-state index in [9.17, 15) is 0 Å². The first-order valence-electron chi connectivity index (χ1n) is 12.3. The minimum atomic E-state index is -0.278. The standard InChI is InChI=1S/C30H29NSe/c32-29-26-13-7-8-14-27(26)30(24-9-3-1-4-10-24,25-11-5-2-6-12-25)31(29)28-22-16-20-15-21(18-22)19-23(28)17-20/h1-14,20-23,28H,15-19H2. The Kier molecular flexibility index (Phi) is 4.33. The third kappa shape index (κ3) is 2.54. The second-order valence-corrected chi connectivity index (χ2v) is 11.4. The molecule has 32 heavy (non-hydrogen) atoms. The summed E-state index contributed by atoms with van der Waals surface area (Å²) in [5.74, 6) is 3.59. The monoisotopic (exact) mass is 483 g/mol. The number of hydrogen-bond acceptors (Lipinski definition) is 1. The van der Waals surface area contributed by atoms with Crippen molar-refractivity contribution in [2.75, 3.05) is 0 Å². The predicted octanol–water partition coefficient (Wildman–Crippen LogP) is 5.77. The maximum absolute atomic E-state index is 3.59. The first-order valence-corrected chi connectivity index (χ1v) is 13.2. The number of hydrogen-bond donors (Lipinski definition) is 0. The second kappa shape index (κ2) is 7.17. The van der Waals surface area contributed by atoms with Gasteiger partial charge in [-0.25, -0.2) is 0 Å². The zero-order valence-electron chi connectivity index (χ0n) is 18.4. The number of fused-ring (bicyclic) bond motifs is 1. The molecule has 160 valence electrons. The van der Waals surface area contributed by atoms with Crippen LogP contribution in [0, 0.1) is 23.7 Å². The van der Waals surface area contributed by atoms with Crippen molar-refractivity contribution in [1.82, 2.24) is 4.90 Å². The SMILES string of the molecule is [Se]=C1c2ccccc2C(c2ccccc2)(c2ccccc2)N1C1C2CC3CC(C2)CC1C3. The third-order valence-corrected chi connectivity index (χ3v) is 9.86. The summed E-state index contributed by atoms with van der Waals surface area (Å²) < 4.78 is 1.35. The van der Waals surface area contributed by atoms with Gasteiger partial charge in [-0.15, -0.1) is 0 Å². The normalized spacial score (nSPS) is 31.7. The summed E-state index contributed by atoms with van der Waals surface area (Å²) in [5, 5.41) is 0. The average Bonchev–Trinajstić information content (AvgIpc) is 3.09. The molecule has 1 nitrogen and oxygen atoms in total. The zero-order valence-corrected chi connectivity index (χ0v) is 20.1. The molecule has 3 aromatic rings. The van der Waals surface area contributed by atoms with E-state index in [4.69, 9.17) is 0 Å². The Morgan fingerprint density at radius 2 is 1.12 bits per heavy atom. The summed E-state index contributed by atoms with van der Waals surface area (Å²) in [5.41, 5.74) is 5.31. The van der Waals surface area contributed by atoms with Crippen LogP contribution in [0.1, 0.15) is 54.4 Å². The second-order valence-electron chi connectivity index (χ2n) is 10.6. The molecule has 1 aliphatic heterocycles. The molecule has 1 heterocycles. The fourth-order valence-corrected chi connectivity index (χ4v) is 9.10. The van der Waals surface area contributed by atoms with E-state index in [1.165, 1.54) is 58.9 Å².